The molecule has 4 N–H and O–H groups in total. The summed E-state index contributed by atoms with van der Waals surface area (Å²) in [6, 6.07) is 74.7. The first kappa shape index (κ1) is 63.9. The van der Waals surface area contributed by atoms with Crippen molar-refractivity contribution in [1.82, 2.24) is 0 Å². The summed E-state index contributed by atoms with van der Waals surface area (Å²) >= 11 is 0. The van der Waals surface area contributed by atoms with E-state index in [1.165, 1.54) is 24.3 Å². The number of carboxylic acids is 4. The monoisotopic (exact) mass is 1220 g/mol. The molecule has 9 aromatic carbocycles. The maximum atomic E-state index is 11.7. The van der Waals surface area contributed by atoms with Gasteiger partial charge < -0.3 is 34.8 Å². The molecule has 0 fully saturated rings. The van der Waals surface area contributed by atoms with Gasteiger partial charge >= 0.3 is 23.9 Å². The molecule has 450 valence electrons. The number of methoxy groups -OCH3 is 2. The van der Waals surface area contributed by atoms with Crippen LogP contribution in [0, 0.1) is 45.3 Å². The molecule has 9 aromatic rings. The van der Waals surface area contributed by atoms with Crippen LogP contribution in [0.1, 0.15) is 72.3 Å². The number of ether oxygens (including phenoxy) is 2. The van der Waals surface area contributed by atoms with Crippen LogP contribution in [0.2, 0.25) is 0 Å². The average Bonchev–Trinajstić information content (AvgIpc) is 0.902. The van der Waals surface area contributed by atoms with E-state index in [0.29, 0.717) is 22.3 Å². The van der Waals surface area contributed by atoms with E-state index in [1.54, 1.807) is 87.0 Å². The highest BCUT2D eigenvalue weighted by Crippen LogP contribution is 2.38. The molecule has 0 radical (unpaired) electrons. The molecule has 0 unspecified atom stereocenters. The van der Waals surface area contributed by atoms with Gasteiger partial charge in [0.1, 0.15) is 58.1 Å². The van der Waals surface area contributed by atoms with E-state index in [0.717, 1.165) is 95.4 Å². The molecule has 15 heteroatoms. The van der Waals surface area contributed by atoms with Gasteiger partial charge in [0, 0.05) is 17.1 Å². The lowest BCUT2D eigenvalue weighted by molar-refractivity contribution is -0.133. The number of hydrogen-bond donors (Lipinski definition) is 4. The van der Waals surface area contributed by atoms with Crippen LogP contribution in [0.5, 0.6) is 11.5 Å². The molecule has 93 heavy (non-hydrogen) atoms. The van der Waals surface area contributed by atoms with Gasteiger partial charge in [-0.15, -0.1) is 0 Å². The van der Waals surface area contributed by atoms with Crippen LogP contribution < -0.4 is 14.4 Å². The number of benzene rings is 9. The van der Waals surface area contributed by atoms with Gasteiger partial charge in [-0.05, 0) is 192 Å². The molecule has 0 saturated carbocycles. The molecule has 0 saturated heterocycles. The van der Waals surface area contributed by atoms with Gasteiger partial charge in [0.15, 0.2) is 0 Å². The third kappa shape index (κ3) is 16.1. The van der Waals surface area contributed by atoms with Crippen molar-refractivity contribution in [1.29, 1.82) is 21.0 Å². The predicted molar refractivity (Wildman–Crippen MR) is 359 cm³/mol. The fraction of sp³-hybridized carbons (Fsp3) is 0.0256. The van der Waals surface area contributed by atoms with E-state index in [9.17, 15) is 60.7 Å². The quantitative estimate of drug-likeness (QED) is 0.0279. The van der Waals surface area contributed by atoms with E-state index in [4.69, 9.17) is 9.47 Å². The second-order valence-electron chi connectivity index (χ2n) is 20.6. The molecular weight excluding hydrogens is 1170 g/mol. The summed E-state index contributed by atoms with van der Waals surface area (Å²) in [5.74, 6) is -3.96. The summed E-state index contributed by atoms with van der Waals surface area (Å²) in [6.07, 6.45) is 11.2. The molecule has 0 spiro atoms. The summed E-state index contributed by atoms with van der Waals surface area (Å²) in [6.45, 7) is 0. The number of nitrogens with zero attached hydrogens (tertiary/aromatic N) is 5. The Balaban J connectivity index is 1.15. The summed E-state index contributed by atoms with van der Waals surface area (Å²) in [4.78, 5) is 48.8. The van der Waals surface area contributed by atoms with E-state index in [2.05, 4.69) is 11.0 Å². The predicted octanol–water partition coefficient (Wildman–Crippen LogP) is 15.9. The van der Waals surface area contributed by atoms with Crippen LogP contribution in [0.4, 0.5) is 17.1 Å². The molecule has 15 nitrogen and oxygen atoms in total. The number of carboxylic acid groups (broad SMARTS) is 4. The standard InChI is InChI=1S/C78H53N5O10/c1-92-70-35-25-61(26-36-70)74(62-27-37-71(93-2)38-28-62)45-56-15-33-69(34-16-56)83(67-29-11-54(12-30-67)43-72(57-17-3-50(4-18-57)39-63(46-79)75(84)85)58-19-5-51(6-20-58)40-64(47-80)76(86)87)68-31-13-55(14-32-68)44-73(59-21-7-52(8-22-59)41-65(48-81)77(88)89)60-23-9-53(10-24-60)42-66(49-82)78(90)91/h3-45H,1-2H3,(H,84,85)(H,86,87)(H,88,89)(H,90,91)/b63-39+,64-40+,65-41+,66-42+. The Labute approximate surface area is 535 Å². The first-order chi connectivity index (χ1) is 45.1. The number of rotatable bonds is 22. The maximum absolute atomic E-state index is 11.7. The Bertz CT molecular complexity index is 4250. The van der Waals surface area contributed by atoms with Gasteiger partial charge in [0.2, 0.25) is 0 Å². The summed E-state index contributed by atoms with van der Waals surface area (Å²) < 4.78 is 11.0. The van der Waals surface area contributed by atoms with Gasteiger partial charge in [-0.2, -0.15) is 21.0 Å². The fourth-order valence-corrected chi connectivity index (χ4v) is 9.92. The Morgan fingerprint density at radius 3 is 0.634 bits per heavy atom. The Kier molecular flexibility index (Phi) is 20.5. The minimum absolute atomic E-state index is 0.426. The van der Waals surface area contributed by atoms with E-state index >= 15 is 0 Å². The second-order valence-corrected chi connectivity index (χ2v) is 20.6. The molecule has 0 aliphatic rings. The molecule has 0 atom stereocenters. The van der Waals surface area contributed by atoms with Crippen LogP contribution in [0.15, 0.2) is 241 Å². The van der Waals surface area contributed by atoms with Crippen molar-refractivity contribution < 1.29 is 49.1 Å². The van der Waals surface area contributed by atoms with Gasteiger partial charge in [-0.25, -0.2) is 19.2 Å². The van der Waals surface area contributed by atoms with Gasteiger partial charge in [-0.1, -0.05) is 158 Å². The molecular formula is C78H53N5O10. The summed E-state index contributed by atoms with van der Waals surface area (Å²) in [5.41, 5.74) is 12.5. The molecule has 0 bridgehead atoms. The smallest absolute Gasteiger partial charge is 0.346 e. The number of anilines is 3. The largest absolute Gasteiger partial charge is 0.497 e. The Morgan fingerprint density at radius 1 is 0.290 bits per heavy atom. The van der Waals surface area contributed by atoms with Crippen molar-refractivity contribution >= 4 is 100 Å². The second kappa shape index (κ2) is 29.9. The normalized spacial score (nSPS) is 11.2. The van der Waals surface area contributed by atoms with E-state index in [1.807, 2.05) is 182 Å². The molecule has 0 heterocycles. The van der Waals surface area contributed by atoms with Crippen molar-refractivity contribution in [2.45, 2.75) is 0 Å². The van der Waals surface area contributed by atoms with Crippen LogP contribution in [-0.2, 0) is 19.2 Å². The van der Waals surface area contributed by atoms with E-state index < -0.39 is 46.2 Å². The highest BCUT2D eigenvalue weighted by Gasteiger charge is 2.17. The van der Waals surface area contributed by atoms with Crippen molar-refractivity contribution in [3.05, 3.63) is 313 Å². The molecule has 0 aromatic heterocycles. The minimum Gasteiger partial charge on any atom is -0.497 e. The first-order valence-corrected chi connectivity index (χ1v) is 28.4. The SMILES string of the molecule is COc1ccc(C(=Cc2ccc(N(c3ccc(C=C(c4ccc(/C=C(\C#N)C(=O)O)cc4)c4ccc(/C=C(\C#N)C(=O)O)cc4)cc3)c3ccc(C=C(c4ccc(/C=C(\C#N)C(=O)O)cc4)c4ccc(/C=C(\C#N)C(=O)O)cc4)cc3)cc2)c2ccc(OC)cc2)cc1. The number of aliphatic carboxylic acids is 4. The van der Waals surface area contributed by atoms with Gasteiger partial charge in [-0.3, -0.25) is 0 Å². The van der Waals surface area contributed by atoms with Crippen LogP contribution in [0.3, 0.4) is 0 Å². The van der Waals surface area contributed by atoms with Crippen LogP contribution >= 0.6 is 0 Å². The van der Waals surface area contributed by atoms with Crippen molar-refractivity contribution in [2.24, 2.45) is 0 Å². The summed E-state index contributed by atoms with van der Waals surface area (Å²) in [5, 5.41) is 75.8. The van der Waals surface area contributed by atoms with Gasteiger partial charge in [0.25, 0.3) is 0 Å². The van der Waals surface area contributed by atoms with Crippen molar-refractivity contribution in [2.75, 3.05) is 19.1 Å². The third-order valence-electron chi connectivity index (χ3n) is 14.7. The Hall–Kier alpha value is -13.6. The molecule has 0 aliphatic heterocycles. The van der Waals surface area contributed by atoms with Crippen LogP contribution in [-0.4, -0.2) is 58.5 Å². The molecule has 9 rings (SSSR count). The molecule has 0 aliphatic carbocycles. The lowest BCUT2D eigenvalue weighted by atomic mass is 9.93. The Morgan fingerprint density at radius 2 is 0.462 bits per heavy atom. The van der Waals surface area contributed by atoms with Crippen molar-refractivity contribution in [3.8, 4) is 35.8 Å². The third-order valence-corrected chi connectivity index (χ3v) is 14.7. The zero-order valence-electron chi connectivity index (χ0n) is 49.8. The zero-order chi connectivity index (χ0) is 66.0. The number of carbonyl (C=O) groups is 4. The topological polar surface area (TPSA) is 266 Å². The van der Waals surface area contributed by atoms with E-state index in [-0.39, 0.29) is 0 Å². The zero-order valence-corrected chi connectivity index (χ0v) is 49.8. The molecule has 0 amide bonds. The van der Waals surface area contributed by atoms with Crippen LogP contribution in [0.25, 0.3) is 59.3 Å². The lowest BCUT2D eigenvalue weighted by Gasteiger charge is -2.26. The first-order valence-electron chi connectivity index (χ1n) is 28.4. The highest BCUT2D eigenvalue weighted by molar-refractivity contribution is 6.00. The summed E-state index contributed by atoms with van der Waals surface area (Å²) in [7, 11) is 3.25. The number of nitriles is 4. The fourth-order valence-electron chi connectivity index (χ4n) is 9.92. The van der Waals surface area contributed by atoms with Crippen molar-refractivity contribution in [3.63, 3.8) is 0 Å². The average molecular weight is 1220 g/mol. The maximum Gasteiger partial charge on any atom is 0.346 e. The highest BCUT2D eigenvalue weighted by atomic mass is 16.5. The van der Waals surface area contributed by atoms with Gasteiger partial charge in [0.05, 0.1) is 14.2 Å². The number of hydrogen-bond acceptors (Lipinski definition) is 11. The minimum atomic E-state index is -1.35. The lowest BCUT2D eigenvalue weighted by Crippen LogP contribution is -2.09.